The third-order valence-electron chi connectivity index (χ3n) is 2.99. The van der Waals surface area contributed by atoms with Crippen LogP contribution in [0.2, 0.25) is 0 Å². The second-order valence-electron chi connectivity index (χ2n) is 5.07. The maximum Gasteiger partial charge on any atom is 0.230 e. The molecule has 0 radical (unpaired) electrons. The highest BCUT2D eigenvalue weighted by molar-refractivity contribution is 5.58. The minimum Gasteiger partial charge on any atom is -0.354 e. The number of halogens is 1. The fraction of sp³-hybridized carbons (Fsp3) is 0.400. The van der Waals surface area contributed by atoms with E-state index in [1.165, 1.54) is 6.07 Å². The minimum atomic E-state index is -0.262. The van der Waals surface area contributed by atoms with Crippen molar-refractivity contribution in [2.24, 2.45) is 0 Å². The van der Waals surface area contributed by atoms with Gasteiger partial charge in [0.25, 0.3) is 0 Å². The van der Waals surface area contributed by atoms with Crippen molar-refractivity contribution in [3.8, 4) is 11.4 Å². The first-order valence-corrected chi connectivity index (χ1v) is 6.95. The molecule has 1 heterocycles. The van der Waals surface area contributed by atoms with Gasteiger partial charge in [-0.2, -0.15) is 15.0 Å². The number of nitrogens with zero attached hydrogens (tertiary/aromatic N) is 4. The standard InChI is InChI=1S/C15H20FN5/c1-5-8-17-14-18-13(19-15(20-14)21(3)4)11-7-6-10(2)12(16)9-11/h6-7,9H,5,8H2,1-4H3,(H,17,18,19,20). The number of aromatic nitrogens is 3. The zero-order valence-corrected chi connectivity index (χ0v) is 12.8. The zero-order chi connectivity index (χ0) is 15.4. The molecule has 0 fully saturated rings. The first-order valence-electron chi connectivity index (χ1n) is 6.95. The van der Waals surface area contributed by atoms with Gasteiger partial charge in [0.05, 0.1) is 0 Å². The van der Waals surface area contributed by atoms with Crippen LogP contribution in [0.4, 0.5) is 16.3 Å². The molecule has 0 amide bonds. The lowest BCUT2D eigenvalue weighted by molar-refractivity contribution is 0.619. The Bertz CT molecular complexity index is 627. The fourth-order valence-electron chi connectivity index (χ4n) is 1.74. The second kappa shape index (κ2) is 6.47. The van der Waals surface area contributed by atoms with Gasteiger partial charge >= 0.3 is 0 Å². The summed E-state index contributed by atoms with van der Waals surface area (Å²) in [5.74, 6) is 1.25. The minimum absolute atomic E-state index is 0.262. The van der Waals surface area contributed by atoms with E-state index in [4.69, 9.17) is 0 Å². The van der Waals surface area contributed by atoms with Crippen LogP contribution in [0.15, 0.2) is 18.2 Å². The van der Waals surface area contributed by atoms with Crippen molar-refractivity contribution in [3.05, 3.63) is 29.6 Å². The van der Waals surface area contributed by atoms with Crippen molar-refractivity contribution in [1.82, 2.24) is 15.0 Å². The molecule has 0 saturated carbocycles. The molecule has 0 unspecified atom stereocenters. The third kappa shape index (κ3) is 3.65. The predicted molar refractivity (Wildman–Crippen MR) is 83.1 cm³/mol. The highest BCUT2D eigenvalue weighted by Crippen LogP contribution is 2.21. The van der Waals surface area contributed by atoms with Gasteiger partial charge in [-0.1, -0.05) is 19.1 Å². The van der Waals surface area contributed by atoms with E-state index in [1.807, 2.05) is 20.2 Å². The lowest BCUT2D eigenvalue weighted by Gasteiger charge is -2.13. The van der Waals surface area contributed by atoms with Crippen molar-refractivity contribution < 1.29 is 4.39 Å². The second-order valence-corrected chi connectivity index (χ2v) is 5.07. The van der Waals surface area contributed by atoms with Gasteiger partial charge in [-0.05, 0) is 25.0 Å². The molecule has 0 spiro atoms. The Balaban J connectivity index is 2.45. The summed E-state index contributed by atoms with van der Waals surface area (Å²) in [7, 11) is 3.72. The Labute approximate surface area is 124 Å². The Kier molecular flexibility index (Phi) is 4.67. The summed E-state index contributed by atoms with van der Waals surface area (Å²) in [4.78, 5) is 14.9. The number of hydrogen-bond acceptors (Lipinski definition) is 5. The summed E-state index contributed by atoms with van der Waals surface area (Å²) in [6.07, 6.45) is 0.970. The quantitative estimate of drug-likeness (QED) is 0.917. The Morgan fingerprint density at radius 1 is 1.19 bits per heavy atom. The summed E-state index contributed by atoms with van der Waals surface area (Å²) in [6.45, 7) is 4.57. The molecule has 2 rings (SSSR count). The van der Waals surface area contributed by atoms with E-state index in [-0.39, 0.29) is 5.82 Å². The van der Waals surface area contributed by atoms with E-state index in [2.05, 4.69) is 27.2 Å². The van der Waals surface area contributed by atoms with Crippen molar-refractivity contribution in [1.29, 1.82) is 0 Å². The normalized spacial score (nSPS) is 10.5. The van der Waals surface area contributed by atoms with Crippen LogP contribution in [0, 0.1) is 12.7 Å². The van der Waals surface area contributed by atoms with E-state index in [0.29, 0.717) is 28.8 Å². The first-order chi connectivity index (χ1) is 10.0. The van der Waals surface area contributed by atoms with E-state index in [9.17, 15) is 4.39 Å². The maximum absolute atomic E-state index is 13.7. The topological polar surface area (TPSA) is 53.9 Å². The maximum atomic E-state index is 13.7. The molecular weight excluding hydrogens is 269 g/mol. The van der Waals surface area contributed by atoms with Gasteiger partial charge < -0.3 is 10.2 Å². The molecule has 0 bridgehead atoms. The average molecular weight is 289 g/mol. The summed E-state index contributed by atoms with van der Waals surface area (Å²) < 4.78 is 13.7. The van der Waals surface area contributed by atoms with Crippen LogP contribution in [0.3, 0.4) is 0 Å². The van der Waals surface area contributed by atoms with Gasteiger partial charge in [-0.15, -0.1) is 0 Å². The van der Waals surface area contributed by atoms with Crippen molar-refractivity contribution in [3.63, 3.8) is 0 Å². The lowest BCUT2D eigenvalue weighted by Crippen LogP contribution is -2.16. The van der Waals surface area contributed by atoms with Crippen LogP contribution in [-0.2, 0) is 0 Å². The van der Waals surface area contributed by atoms with Gasteiger partial charge in [0.15, 0.2) is 5.82 Å². The average Bonchev–Trinajstić information content (AvgIpc) is 2.47. The highest BCUT2D eigenvalue weighted by Gasteiger charge is 2.11. The van der Waals surface area contributed by atoms with Crippen LogP contribution in [0.5, 0.6) is 0 Å². The molecule has 0 aliphatic rings. The molecule has 0 saturated heterocycles. The highest BCUT2D eigenvalue weighted by atomic mass is 19.1. The molecule has 1 aromatic heterocycles. The van der Waals surface area contributed by atoms with Crippen molar-refractivity contribution in [2.45, 2.75) is 20.3 Å². The molecule has 6 heteroatoms. The monoisotopic (exact) mass is 289 g/mol. The predicted octanol–water partition coefficient (Wildman–Crippen LogP) is 2.87. The molecule has 5 nitrogen and oxygen atoms in total. The third-order valence-corrected chi connectivity index (χ3v) is 2.99. The van der Waals surface area contributed by atoms with Crippen LogP contribution < -0.4 is 10.2 Å². The van der Waals surface area contributed by atoms with Gasteiger partial charge in [0.2, 0.25) is 11.9 Å². The van der Waals surface area contributed by atoms with Gasteiger partial charge in [0, 0.05) is 26.2 Å². The molecule has 1 aromatic carbocycles. The molecule has 0 aliphatic heterocycles. The summed E-state index contributed by atoms with van der Waals surface area (Å²) in [5, 5.41) is 3.14. The summed E-state index contributed by atoms with van der Waals surface area (Å²) >= 11 is 0. The molecule has 0 atom stereocenters. The van der Waals surface area contributed by atoms with E-state index in [1.54, 1.807) is 17.9 Å². The summed E-state index contributed by atoms with van der Waals surface area (Å²) in [5.41, 5.74) is 1.24. The number of rotatable bonds is 5. The molecular formula is C15H20FN5. The van der Waals surface area contributed by atoms with Crippen molar-refractivity contribution in [2.75, 3.05) is 30.9 Å². The zero-order valence-electron chi connectivity index (χ0n) is 12.8. The van der Waals surface area contributed by atoms with Gasteiger partial charge in [-0.25, -0.2) is 4.39 Å². The fourth-order valence-corrected chi connectivity index (χ4v) is 1.74. The lowest BCUT2D eigenvalue weighted by atomic mass is 10.1. The Morgan fingerprint density at radius 2 is 1.95 bits per heavy atom. The van der Waals surface area contributed by atoms with Crippen LogP contribution >= 0.6 is 0 Å². The van der Waals surface area contributed by atoms with Gasteiger partial charge in [0.1, 0.15) is 5.82 Å². The SMILES string of the molecule is CCCNc1nc(-c2ccc(C)c(F)c2)nc(N(C)C)n1. The molecule has 21 heavy (non-hydrogen) atoms. The number of hydrogen-bond donors (Lipinski definition) is 1. The Hall–Kier alpha value is -2.24. The molecule has 2 aromatic rings. The molecule has 112 valence electrons. The van der Waals surface area contributed by atoms with Crippen molar-refractivity contribution >= 4 is 11.9 Å². The van der Waals surface area contributed by atoms with Gasteiger partial charge in [-0.3, -0.25) is 0 Å². The first kappa shape index (κ1) is 15.2. The smallest absolute Gasteiger partial charge is 0.230 e. The van der Waals surface area contributed by atoms with E-state index in [0.717, 1.165) is 13.0 Å². The summed E-state index contributed by atoms with van der Waals surface area (Å²) in [6, 6.07) is 4.99. The number of anilines is 2. The number of nitrogens with one attached hydrogen (secondary N) is 1. The van der Waals surface area contributed by atoms with Crippen LogP contribution in [0.1, 0.15) is 18.9 Å². The number of aryl methyl sites for hydroxylation is 1. The molecule has 0 aliphatic carbocycles. The number of benzene rings is 1. The Morgan fingerprint density at radius 3 is 2.57 bits per heavy atom. The molecule has 1 N–H and O–H groups in total. The van der Waals surface area contributed by atoms with Crippen LogP contribution in [-0.4, -0.2) is 35.6 Å². The van der Waals surface area contributed by atoms with E-state index >= 15 is 0 Å². The largest absolute Gasteiger partial charge is 0.354 e. The van der Waals surface area contributed by atoms with E-state index < -0.39 is 0 Å². The van der Waals surface area contributed by atoms with Crippen LogP contribution in [0.25, 0.3) is 11.4 Å².